The van der Waals surface area contributed by atoms with Gasteiger partial charge in [-0.15, -0.1) is 0 Å². The van der Waals surface area contributed by atoms with Crippen molar-refractivity contribution in [1.29, 1.82) is 0 Å². The van der Waals surface area contributed by atoms with Gasteiger partial charge in [-0.05, 0) is 44.9 Å². The van der Waals surface area contributed by atoms with Gasteiger partial charge in [0, 0.05) is 6.42 Å². The van der Waals surface area contributed by atoms with E-state index in [4.69, 9.17) is 4.74 Å². The highest BCUT2D eigenvalue weighted by Crippen LogP contribution is 2.18. The van der Waals surface area contributed by atoms with Crippen LogP contribution in [-0.4, -0.2) is 46.9 Å². The fourth-order valence-corrected chi connectivity index (χ4v) is 7.61. The number of carbonyl (C=O) groups excluding carboxylic acids is 2. The van der Waals surface area contributed by atoms with Crippen molar-refractivity contribution in [3.63, 3.8) is 0 Å². The fourth-order valence-electron chi connectivity index (χ4n) is 7.61. The molecule has 0 radical (unpaired) electrons. The lowest BCUT2D eigenvalue weighted by atomic mass is 10.0. The number of aliphatic hydroxyl groups excluding tert-OH is 2. The van der Waals surface area contributed by atoms with Crippen LogP contribution in [0.2, 0.25) is 0 Å². The summed E-state index contributed by atoms with van der Waals surface area (Å²) in [5.41, 5.74) is 0. The third-order valence-electron chi connectivity index (χ3n) is 11.3. The van der Waals surface area contributed by atoms with E-state index in [1.54, 1.807) is 0 Å². The lowest BCUT2D eigenvalue weighted by Crippen LogP contribution is -2.46. The first-order valence-electron chi connectivity index (χ1n) is 24.4. The zero-order valence-corrected chi connectivity index (χ0v) is 37.1. The van der Waals surface area contributed by atoms with Gasteiger partial charge in [0.15, 0.2) is 0 Å². The summed E-state index contributed by atoms with van der Waals surface area (Å²) in [6, 6.07) is -0.697. The molecule has 0 heterocycles. The minimum Gasteiger partial charge on any atom is -0.462 e. The number of carbonyl (C=O) groups is 2. The van der Waals surface area contributed by atoms with Crippen molar-refractivity contribution in [2.75, 3.05) is 6.61 Å². The summed E-state index contributed by atoms with van der Waals surface area (Å²) in [5.74, 6) is -0.480. The first-order chi connectivity index (χ1) is 27.0. The number of esters is 1. The van der Waals surface area contributed by atoms with Crippen LogP contribution >= 0.6 is 0 Å². The number of hydrogen-bond acceptors (Lipinski definition) is 5. The van der Waals surface area contributed by atoms with E-state index in [2.05, 4.69) is 38.2 Å². The van der Waals surface area contributed by atoms with E-state index in [0.29, 0.717) is 19.3 Å². The molecule has 0 bridgehead atoms. The smallest absolute Gasteiger partial charge is 0.306 e. The molecule has 3 N–H and O–H groups in total. The van der Waals surface area contributed by atoms with Crippen molar-refractivity contribution >= 4 is 11.9 Å². The molecule has 0 aromatic heterocycles. The van der Waals surface area contributed by atoms with E-state index in [1.807, 2.05) is 0 Å². The Bertz CT molecular complexity index is 832. The van der Waals surface area contributed by atoms with Gasteiger partial charge in [0.2, 0.25) is 5.91 Å². The van der Waals surface area contributed by atoms with Crippen LogP contribution in [0.1, 0.15) is 265 Å². The zero-order valence-electron chi connectivity index (χ0n) is 37.1. The Morgan fingerprint density at radius 2 is 0.909 bits per heavy atom. The molecule has 0 aromatic carbocycles. The first kappa shape index (κ1) is 53.6. The van der Waals surface area contributed by atoms with Gasteiger partial charge in [0.1, 0.15) is 6.10 Å². The van der Waals surface area contributed by atoms with E-state index >= 15 is 0 Å². The molecule has 326 valence electrons. The summed E-state index contributed by atoms with van der Waals surface area (Å²) in [4.78, 5) is 25.9. The molecular weight excluding hydrogens is 683 g/mol. The molecule has 0 rings (SSSR count). The molecule has 0 spiro atoms. The Labute approximate surface area is 342 Å². The van der Waals surface area contributed by atoms with Gasteiger partial charge in [0.25, 0.3) is 0 Å². The van der Waals surface area contributed by atoms with Gasteiger partial charge >= 0.3 is 5.97 Å². The van der Waals surface area contributed by atoms with Gasteiger partial charge in [0.05, 0.1) is 25.2 Å². The van der Waals surface area contributed by atoms with Gasteiger partial charge in [-0.25, -0.2) is 0 Å². The molecule has 0 saturated heterocycles. The number of hydrogen-bond donors (Lipinski definition) is 3. The summed E-state index contributed by atoms with van der Waals surface area (Å²) < 4.78 is 5.89. The van der Waals surface area contributed by atoms with Crippen molar-refractivity contribution in [1.82, 2.24) is 5.32 Å². The number of aliphatic hydroxyl groups is 2. The van der Waals surface area contributed by atoms with Crippen LogP contribution in [0.5, 0.6) is 0 Å². The van der Waals surface area contributed by atoms with Crippen molar-refractivity contribution < 1.29 is 24.5 Å². The predicted octanol–water partition coefficient (Wildman–Crippen LogP) is 14.2. The summed E-state index contributed by atoms with van der Waals surface area (Å²) in [7, 11) is 0. The average Bonchev–Trinajstić information content (AvgIpc) is 3.18. The molecule has 0 aliphatic carbocycles. The van der Waals surface area contributed by atoms with E-state index in [9.17, 15) is 19.8 Å². The standard InChI is InChI=1S/C49H95NO5/c1-4-7-10-13-16-19-21-22-23-24-25-26-27-28-30-33-36-39-42-49(54)55-45(40-37-34-31-18-15-12-9-6-3)43-48(53)50-46(44-51)47(52)41-38-35-32-29-20-17-14-11-8-5-2/h12,15,45-47,51-52H,4-11,13-14,16-44H2,1-3H3,(H,50,53)/b15-12-. The van der Waals surface area contributed by atoms with Crippen LogP contribution in [0, 0.1) is 0 Å². The monoisotopic (exact) mass is 778 g/mol. The molecule has 3 unspecified atom stereocenters. The van der Waals surface area contributed by atoms with Crippen LogP contribution in [-0.2, 0) is 14.3 Å². The van der Waals surface area contributed by atoms with Gasteiger partial charge in [-0.1, -0.05) is 219 Å². The number of nitrogens with one attached hydrogen (secondary N) is 1. The Hall–Kier alpha value is -1.40. The molecule has 0 fully saturated rings. The Morgan fingerprint density at radius 3 is 1.36 bits per heavy atom. The Morgan fingerprint density at radius 1 is 0.509 bits per heavy atom. The Balaban J connectivity index is 4.36. The quantitative estimate of drug-likeness (QED) is 0.0325. The third kappa shape index (κ3) is 39.2. The Kier molecular flexibility index (Phi) is 42.6. The highest BCUT2D eigenvalue weighted by atomic mass is 16.5. The van der Waals surface area contributed by atoms with Crippen molar-refractivity contribution in [3.8, 4) is 0 Å². The molecule has 0 aliphatic heterocycles. The van der Waals surface area contributed by atoms with E-state index < -0.39 is 18.2 Å². The van der Waals surface area contributed by atoms with Crippen molar-refractivity contribution in [2.45, 2.75) is 283 Å². The zero-order chi connectivity index (χ0) is 40.3. The van der Waals surface area contributed by atoms with Gasteiger partial charge in [-0.3, -0.25) is 9.59 Å². The van der Waals surface area contributed by atoms with Gasteiger partial charge < -0.3 is 20.3 Å². The molecule has 55 heavy (non-hydrogen) atoms. The highest BCUT2D eigenvalue weighted by Gasteiger charge is 2.24. The van der Waals surface area contributed by atoms with Crippen LogP contribution < -0.4 is 5.32 Å². The maximum Gasteiger partial charge on any atom is 0.306 e. The molecular formula is C49H95NO5. The molecule has 0 aromatic rings. The molecule has 0 aliphatic rings. The van der Waals surface area contributed by atoms with Crippen LogP contribution in [0.15, 0.2) is 12.2 Å². The number of unbranched alkanes of at least 4 members (excludes halogenated alkanes) is 30. The maximum atomic E-state index is 13.1. The maximum absolute atomic E-state index is 13.1. The number of ether oxygens (including phenoxy) is 1. The summed E-state index contributed by atoms with van der Waals surface area (Å²) >= 11 is 0. The number of rotatable bonds is 44. The topological polar surface area (TPSA) is 95.9 Å². The van der Waals surface area contributed by atoms with E-state index in [0.717, 1.165) is 70.6 Å². The second-order valence-corrected chi connectivity index (χ2v) is 16.9. The SMILES string of the molecule is CCC/C=C\CCCCCC(CC(=O)NC(CO)C(O)CCCCCCCCCCCC)OC(=O)CCCCCCCCCCCCCCCCCCCC. The lowest BCUT2D eigenvalue weighted by molar-refractivity contribution is -0.151. The van der Waals surface area contributed by atoms with Crippen LogP contribution in [0.3, 0.4) is 0 Å². The largest absolute Gasteiger partial charge is 0.462 e. The minimum absolute atomic E-state index is 0.0722. The summed E-state index contributed by atoms with van der Waals surface area (Å²) in [6.45, 7) is 6.41. The molecule has 0 saturated carbocycles. The normalized spacial score (nSPS) is 13.3. The second kappa shape index (κ2) is 43.7. The van der Waals surface area contributed by atoms with E-state index in [-0.39, 0.29) is 24.9 Å². The number of amides is 1. The lowest BCUT2D eigenvalue weighted by Gasteiger charge is -2.24. The molecule has 6 nitrogen and oxygen atoms in total. The van der Waals surface area contributed by atoms with Crippen LogP contribution in [0.25, 0.3) is 0 Å². The van der Waals surface area contributed by atoms with Crippen molar-refractivity contribution in [3.05, 3.63) is 12.2 Å². The third-order valence-corrected chi connectivity index (χ3v) is 11.3. The average molecular weight is 778 g/mol. The fraction of sp³-hybridized carbons (Fsp3) is 0.918. The highest BCUT2D eigenvalue weighted by molar-refractivity contribution is 5.77. The molecule has 3 atom stereocenters. The summed E-state index contributed by atoms with van der Waals surface area (Å²) in [6.07, 6.45) is 47.2. The first-order valence-corrected chi connectivity index (χ1v) is 24.4. The van der Waals surface area contributed by atoms with Crippen LogP contribution in [0.4, 0.5) is 0 Å². The van der Waals surface area contributed by atoms with E-state index in [1.165, 1.54) is 148 Å². The minimum atomic E-state index is -0.783. The second-order valence-electron chi connectivity index (χ2n) is 16.9. The number of allylic oxidation sites excluding steroid dienone is 2. The molecule has 1 amide bonds. The van der Waals surface area contributed by atoms with Crippen molar-refractivity contribution in [2.24, 2.45) is 0 Å². The molecule has 6 heteroatoms. The summed E-state index contributed by atoms with van der Waals surface area (Å²) in [5, 5.41) is 23.6. The predicted molar refractivity (Wildman–Crippen MR) is 237 cm³/mol. The van der Waals surface area contributed by atoms with Gasteiger partial charge in [-0.2, -0.15) is 0 Å².